The van der Waals surface area contributed by atoms with Crippen LogP contribution in [0.3, 0.4) is 0 Å². The normalized spacial score (nSPS) is 14.4. The highest BCUT2D eigenvalue weighted by atomic mass is 16.5. The maximum Gasteiger partial charge on any atom is 0.222 e. The van der Waals surface area contributed by atoms with E-state index in [4.69, 9.17) is 4.74 Å². The summed E-state index contributed by atoms with van der Waals surface area (Å²) in [6.45, 7) is 2.50. The Kier molecular flexibility index (Phi) is 3.81. The third-order valence-corrected chi connectivity index (χ3v) is 2.76. The first-order valence-electron chi connectivity index (χ1n) is 5.82. The van der Waals surface area contributed by atoms with Gasteiger partial charge >= 0.3 is 0 Å². The van der Waals surface area contributed by atoms with E-state index in [1.807, 2.05) is 35.2 Å². The van der Waals surface area contributed by atoms with Crippen molar-refractivity contribution in [1.29, 1.82) is 0 Å². The van der Waals surface area contributed by atoms with Gasteiger partial charge in [0.1, 0.15) is 5.75 Å². The van der Waals surface area contributed by atoms with Gasteiger partial charge in [0.05, 0.1) is 6.61 Å². The van der Waals surface area contributed by atoms with Gasteiger partial charge in [-0.25, -0.2) is 0 Å². The summed E-state index contributed by atoms with van der Waals surface area (Å²) in [5.74, 6) is 1.14. The summed E-state index contributed by atoms with van der Waals surface area (Å²) in [5.41, 5.74) is 0. The first kappa shape index (κ1) is 11.0. The average molecular weight is 219 g/mol. The number of amides is 1. The lowest BCUT2D eigenvalue weighted by Gasteiger charge is -2.30. The summed E-state index contributed by atoms with van der Waals surface area (Å²) in [6.07, 6.45) is 2.56. The Morgan fingerprint density at radius 3 is 2.62 bits per heavy atom. The molecule has 0 N–H and O–H groups in total. The van der Waals surface area contributed by atoms with Crippen LogP contribution in [-0.4, -0.2) is 30.5 Å². The first-order chi connectivity index (χ1) is 7.86. The first-order valence-corrected chi connectivity index (χ1v) is 5.82. The number of nitrogens with zero attached hydrogens (tertiary/aromatic N) is 1. The number of benzene rings is 1. The number of rotatable bonds is 5. The van der Waals surface area contributed by atoms with Gasteiger partial charge in [0.25, 0.3) is 0 Å². The van der Waals surface area contributed by atoms with E-state index in [1.165, 1.54) is 0 Å². The Hall–Kier alpha value is -1.51. The molecule has 0 unspecified atom stereocenters. The molecule has 1 aromatic rings. The van der Waals surface area contributed by atoms with Gasteiger partial charge in [-0.1, -0.05) is 18.2 Å². The Bertz CT molecular complexity index is 333. The fourth-order valence-corrected chi connectivity index (χ4v) is 1.65. The minimum Gasteiger partial charge on any atom is -0.494 e. The lowest BCUT2D eigenvalue weighted by Crippen LogP contribution is -2.42. The zero-order chi connectivity index (χ0) is 11.2. The number of carbonyl (C=O) groups is 1. The third kappa shape index (κ3) is 2.99. The van der Waals surface area contributed by atoms with Gasteiger partial charge < -0.3 is 9.64 Å². The molecule has 1 heterocycles. The maximum absolute atomic E-state index is 11.5. The fourth-order valence-electron chi connectivity index (χ4n) is 1.65. The van der Waals surface area contributed by atoms with Crippen LogP contribution in [0.1, 0.15) is 19.3 Å². The fraction of sp³-hybridized carbons (Fsp3) is 0.462. The van der Waals surface area contributed by atoms with Crippen LogP contribution >= 0.6 is 0 Å². The molecule has 16 heavy (non-hydrogen) atoms. The van der Waals surface area contributed by atoms with Gasteiger partial charge in [0.15, 0.2) is 0 Å². The number of likely N-dealkylation sites (tertiary alicyclic amines) is 1. The van der Waals surface area contributed by atoms with Crippen LogP contribution in [0.2, 0.25) is 0 Å². The Balaban J connectivity index is 1.60. The smallest absolute Gasteiger partial charge is 0.222 e. The van der Waals surface area contributed by atoms with E-state index in [0.717, 1.165) is 31.7 Å². The Labute approximate surface area is 96.0 Å². The largest absolute Gasteiger partial charge is 0.494 e. The van der Waals surface area contributed by atoms with Crippen LogP contribution in [0, 0.1) is 0 Å². The Morgan fingerprint density at radius 2 is 2.00 bits per heavy atom. The second-order valence-corrected chi connectivity index (χ2v) is 4.00. The quantitative estimate of drug-likeness (QED) is 0.709. The lowest BCUT2D eigenvalue weighted by atomic mass is 10.2. The molecular weight excluding hydrogens is 202 g/mol. The number of hydrogen-bond acceptors (Lipinski definition) is 2. The molecule has 86 valence electrons. The van der Waals surface area contributed by atoms with Crippen molar-refractivity contribution in [3.63, 3.8) is 0 Å². The topological polar surface area (TPSA) is 29.5 Å². The molecule has 1 saturated heterocycles. The molecule has 2 rings (SSSR count). The predicted molar refractivity (Wildman–Crippen MR) is 62.4 cm³/mol. The summed E-state index contributed by atoms with van der Waals surface area (Å²) < 4.78 is 5.52. The zero-order valence-electron chi connectivity index (χ0n) is 9.39. The highest BCUT2D eigenvalue weighted by Gasteiger charge is 2.19. The number of ether oxygens (including phenoxy) is 1. The second kappa shape index (κ2) is 5.54. The van der Waals surface area contributed by atoms with Crippen LogP contribution in [0.25, 0.3) is 0 Å². The molecule has 0 saturated carbocycles. The summed E-state index contributed by atoms with van der Waals surface area (Å²) in [4.78, 5) is 13.4. The molecule has 0 aliphatic carbocycles. The minimum atomic E-state index is 0.267. The van der Waals surface area contributed by atoms with E-state index < -0.39 is 0 Å². The van der Waals surface area contributed by atoms with Crippen molar-refractivity contribution >= 4 is 5.91 Å². The summed E-state index contributed by atoms with van der Waals surface area (Å²) in [7, 11) is 0. The molecule has 1 aliphatic heterocycles. The maximum atomic E-state index is 11.5. The number of para-hydroxylation sites is 1. The molecule has 0 atom stereocenters. The van der Waals surface area contributed by atoms with Crippen molar-refractivity contribution in [3.05, 3.63) is 30.3 Å². The molecule has 0 aromatic heterocycles. The molecule has 0 radical (unpaired) electrons. The average Bonchev–Trinajstić information content (AvgIpc) is 2.23. The van der Waals surface area contributed by atoms with Crippen LogP contribution in [0.4, 0.5) is 0 Å². The third-order valence-electron chi connectivity index (χ3n) is 2.76. The van der Waals surface area contributed by atoms with Crippen LogP contribution < -0.4 is 4.74 Å². The second-order valence-electron chi connectivity index (χ2n) is 4.00. The summed E-state index contributed by atoms with van der Waals surface area (Å²) in [5, 5.41) is 0. The highest BCUT2D eigenvalue weighted by Crippen LogP contribution is 2.11. The molecule has 0 bridgehead atoms. The van der Waals surface area contributed by atoms with E-state index >= 15 is 0 Å². The molecule has 3 heteroatoms. The van der Waals surface area contributed by atoms with Crippen LogP contribution in [-0.2, 0) is 4.79 Å². The molecule has 1 aromatic carbocycles. The van der Waals surface area contributed by atoms with Crippen molar-refractivity contribution < 1.29 is 9.53 Å². The van der Waals surface area contributed by atoms with E-state index in [2.05, 4.69) is 0 Å². The standard InChI is InChI=1S/C13H17NO2/c15-13(14-9-5-10-14)8-4-11-16-12-6-2-1-3-7-12/h1-3,6-7H,4-5,8-11H2. The number of carbonyl (C=O) groups excluding carboxylic acids is 1. The van der Waals surface area contributed by atoms with Crippen LogP contribution in [0.5, 0.6) is 5.75 Å². The van der Waals surface area contributed by atoms with E-state index in [0.29, 0.717) is 13.0 Å². The van der Waals surface area contributed by atoms with Crippen LogP contribution in [0.15, 0.2) is 30.3 Å². The predicted octanol–water partition coefficient (Wildman–Crippen LogP) is 2.08. The highest BCUT2D eigenvalue weighted by molar-refractivity contribution is 5.76. The summed E-state index contributed by atoms with van der Waals surface area (Å²) in [6, 6.07) is 9.70. The number of hydrogen-bond donors (Lipinski definition) is 0. The van der Waals surface area contributed by atoms with Crippen molar-refractivity contribution in [3.8, 4) is 5.75 Å². The van der Waals surface area contributed by atoms with E-state index in [9.17, 15) is 4.79 Å². The molecule has 1 aliphatic rings. The van der Waals surface area contributed by atoms with Crippen molar-refractivity contribution in [2.75, 3.05) is 19.7 Å². The van der Waals surface area contributed by atoms with Gasteiger partial charge in [-0.2, -0.15) is 0 Å². The minimum absolute atomic E-state index is 0.267. The Morgan fingerprint density at radius 1 is 1.25 bits per heavy atom. The molecular formula is C13H17NO2. The zero-order valence-corrected chi connectivity index (χ0v) is 9.39. The molecule has 1 amide bonds. The van der Waals surface area contributed by atoms with Gasteiger partial charge in [0, 0.05) is 19.5 Å². The monoisotopic (exact) mass is 219 g/mol. The van der Waals surface area contributed by atoms with Crippen molar-refractivity contribution in [2.24, 2.45) is 0 Å². The lowest BCUT2D eigenvalue weighted by molar-refractivity contribution is -0.134. The molecule has 1 fully saturated rings. The van der Waals surface area contributed by atoms with E-state index in [-0.39, 0.29) is 5.91 Å². The van der Waals surface area contributed by atoms with Gasteiger partial charge in [0.2, 0.25) is 5.91 Å². The van der Waals surface area contributed by atoms with Gasteiger partial charge in [-0.15, -0.1) is 0 Å². The van der Waals surface area contributed by atoms with Gasteiger partial charge in [-0.3, -0.25) is 4.79 Å². The van der Waals surface area contributed by atoms with Crippen molar-refractivity contribution in [2.45, 2.75) is 19.3 Å². The SMILES string of the molecule is O=C(CCCOc1ccccc1)N1CCC1. The molecule has 0 spiro atoms. The van der Waals surface area contributed by atoms with E-state index in [1.54, 1.807) is 0 Å². The van der Waals surface area contributed by atoms with Gasteiger partial charge in [-0.05, 0) is 25.0 Å². The van der Waals surface area contributed by atoms with Crippen molar-refractivity contribution in [1.82, 2.24) is 4.90 Å². The summed E-state index contributed by atoms with van der Waals surface area (Å²) >= 11 is 0. The molecule has 3 nitrogen and oxygen atoms in total.